The van der Waals surface area contributed by atoms with Crippen LogP contribution in [0.5, 0.6) is 0 Å². The summed E-state index contributed by atoms with van der Waals surface area (Å²) < 4.78 is 0. The van der Waals surface area contributed by atoms with Gasteiger partial charge in [-0.1, -0.05) is 48.0 Å². The molecule has 15 heavy (non-hydrogen) atoms. The zero-order valence-electron chi connectivity index (χ0n) is 7.87. The van der Waals surface area contributed by atoms with Gasteiger partial charge in [0.15, 0.2) is 0 Å². The molecular formula is C12H8Cl2Si. The monoisotopic (exact) mass is 250 g/mol. The van der Waals surface area contributed by atoms with E-state index >= 15 is 0 Å². The molecule has 1 aliphatic rings. The maximum atomic E-state index is 6.53. The Morgan fingerprint density at radius 2 is 1.60 bits per heavy atom. The second-order valence-corrected chi connectivity index (χ2v) is 7.29. The molecule has 0 spiro atoms. The van der Waals surface area contributed by atoms with Gasteiger partial charge in [-0.3, -0.25) is 0 Å². The molecule has 3 heteroatoms. The van der Waals surface area contributed by atoms with Gasteiger partial charge in [0.25, 0.3) is 0 Å². The lowest BCUT2D eigenvalue weighted by atomic mass is 10.1. The first-order valence-corrected chi connectivity index (χ1v) is 8.08. The Hall–Kier alpha value is -0.763. The molecule has 0 nitrogen and oxygen atoms in total. The van der Waals surface area contributed by atoms with Crippen molar-refractivity contribution in [1.29, 1.82) is 0 Å². The van der Waals surface area contributed by atoms with Crippen LogP contribution < -0.4 is 10.4 Å². The Labute approximate surface area is 99.8 Å². The maximum Gasteiger partial charge on any atom is 0.204 e. The average molecular weight is 251 g/mol. The van der Waals surface area contributed by atoms with Crippen LogP contribution in [0.1, 0.15) is 0 Å². The lowest BCUT2D eigenvalue weighted by molar-refractivity contribution is 1.71. The third-order valence-corrected chi connectivity index (χ3v) is 6.88. The van der Waals surface area contributed by atoms with Gasteiger partial charge >= 0.3 is 0 Å². The van der Waals surface area contributed by atoms with Crippen molar-refractivity contribution in [3.05, 3.63) is 47.5 Å². The van der Waals surface area contributed by atoms with Gasteiger partial charge in [-0.2, -0.15) is 11.1 Å². The lowest BCUT2D eigenvalue weighted by Crippen LogP contribution is -2.32. The Balaban J connectivity index is 2.37. The third-order valence-electron chi connectivity index (χ3n) is 2.83. The first kappa shape index (κ1) is 9.46. The van der Waals surface area contributed by atoms with Crippen molar-refractivity contribution in [3.63, 3.8) is 0 Å². The van der Waals surface area contributed by atoms with Crippen LogP contribution in [-0.2, 0) is 0 Å². The Kier molecular flexibility index (Phi) is 2.13. The molecule has 1 unspecified atom stereocenters. The molecule has 0 amide bonds. The van der Waals surface area contributed by atoms with E-state index in [1.54, 1.807) is 0 Å². The first-order chi connectivity index (χ1) is 7.29. The van der Waals surface area contributed by atoms with Crippen LogP contribution in [-0.4, -0.2) is 8.11 Å². The van der Waals surface area contributed by atoms with Crippen molar-refractivity contribution in [3.8, 4) is 11.1 Å². The molecule has 0 aromatic heterocycles. The Morgan fingerprint density at radius 3 is 2.47 bits per heavy atom. The standard InChI is InChI=1S/C12H8Cl2Si/c13-10-6-3-5-9-8-4-1-2-7-11(8)15(14)12(9)10/h1-7,15H. The summed E-state index contributed by atoms with van der Waals surface area (Å²) in [7, 11) is -1.54. The van der Waals surface area contributed by atoms with E-state index in [2.05, 4.69) is 18.2 Å². The summed E-state index contributed by atoms with van der Waals surface area (Å²) >= 11 is 12.7. The maximum absolute atomic E-state index is 6.53. The van der Waals surface area contributed by atoms with Crippen molar-refractivity contribution >= 4 is 41.2 Å². The highest BCUT2D eigenvalue weighted by Gasteiger charge is 2.29. The molecule has 3 rings (SSSR count). The number of hydrogen-bond acceptors (Lipinski definition) is 0. The molecular weight excluding hydrogens is 243 g/mol. The van der Waals surface area contributed by atoms with Crippen molar-refractivity contribution < 1.29 is 0 Å². The number of halogens is 2. The van der Waals surface area contributed by atoms with Crippen LogP contribution in [0.2, 0.25) is 5.02 Å². The van der Waals surface area contributed by atoms with E-state index < -0.39 is 8.11 Å². The van der Waals surface area contributed by atoms with Crippen LogP contribution in [0, 0.1) is 0 Å². The third kappa shape index (κ3) is 1.27. The zero-order valence-corrected chi connectivity index (χ0v) is 10.5. The van der Waals surface area contributed by atoms with E-state index in [0.717, 1.165) is 5.02 Å². The summed E-state index contributed by atoms with van der Waals surface area (Å²) in [4.78, 5) is 0. The van der Waals surface area contributed by atoms with Crippen LogP contribution in [0.25, 0.3) is 11.1 Å². The van der Waals surface area contributed by atoms with Gasteiger partial charge in [0.05, 0.1) is 0 Å². The molecule has 0 saturated carbocycles. The summed E-state index contributed by atoms with van der Waals surface area (Å²) in [6.45, 7) is 0. The molecule has 0 fully saturated rings. The first-order valence-electron chi connectivity index (χ1n) is 4.81. The molecule has 0 saturated heterocycles. The number of hydrogen-bond donors (Lipinski definition) is 0. The van der Waals surface area contributed by atoms with Gasteiger partial charge in [0.1, 0.15) is 0 Å². The number of benzene rings is 2. The van der Waals surface area contributed by atoms with Crippen LogP contribution in [0.4, 0.5) is 0 Å². The van der Waals surface area contributed by atoms with Crippen LogP contribution in [0.15, 0.2) is 42.5 Å². The summed E-state index contributed by atoms with van der Waals surface area (Å²) in [5.41, 5.74) is 2.49. The van der Waals surface area contributed by atoms with E-state index in [4.69, 9.17) is 22.7 Å². The smallest absolute Gasteiger partial charge is 0.159 e. The molecule has 2 aromatic rings. The fourth-order valence-corrected chi connectivity index (χ4v) is 6.07. The molecule has 1 heterocycles. The zero-order chi connectivity index (χ0) is 10.4. The minimum atomic E-state index is -1.54. The van der Waals surface area contributed by atoms with Crippen LogP contribution >= 0.6 is 22.7 Å². The van der Waals surface area contributed by atoms with Gasteiger partial charge in [0.2, 0.25) is 8.11 Å². The van der Waals surface area contributed by atoms with Gasteiger partial charge < -0.3 is 0 Å². The van der Waals surface area contributed by atoms with Crippen molar-refractivity contribution in [2.75, 3.05) is 0 Å². The van der Waals surface area contributed by atoms with E-state index in [0.29, 0.717) is 0 Å². The summed E-state index contributed by atoms with van der Waals surface area (Å²) in [6, 6.07) is 14.4. The van der Waals surface area contributed by atoms with Gasteiger partial charge in [-0.25, -0.2) is 0 Å². The molecule has 0 bridgehead atoms. The molecule has 1 aliphatic heterocycles. The molecule has 0 radical (unpaired) electrons. The second-order valence-electron chi connectivity index (χ2n) is 3.65. The second kappa shape index (κ2) is 3.37. The average Bonchev–Trinajstić information content (AvgIpc) is 2.55. The highest BCUT2D eigenvalue weighted by molar-refractivity contribution is 7.23. The van der Waals surface area contributed by atoms with E-state index in [-0.39, 0.29) is 0 Å². The van der Waals surface area contributed by atoms with E-state index in [1.165, 1.54) is 21.5 Å². The lowest BCUT2D eigenvalue weighted by Gasteiger charge is -2.03. The minimum Gasteiger partial charge on any atom is -0.159 e. The Morgan fingerprint density at radius 1 is 0.867 bits per heavy atom. The number of rotatable bonds is 0. The quantitative estimate of drug-likeness (QED) is 0.498. The molecule has 74 valence electrons. The van der Waals surface area contributed by atoms with Gasteiger partial charge in [-0.05, 0) is 27.6 Å². The molecule has 0 N–H and O–H groups in total. The van der Waals surface area contributed by atoms with E-state index in [9.17, 15) is 0 Å². The normalized spacial score (nSPS) is 17.3. The van der Waals surface area contributed by atoms with Crippen molar-refractivity contribution in [2.45, 2.75) is 0 Å². The predicted molar refractivity (Wildman–Crippen MR) is 69.2 cm³/mol. The van der Waals surface area contributed by atoms with Crippen LogP contribution in [0.3, 0.4) is 0 Å². The van der Waals surface area contributed by atoms with Gasteiger partial charge in [-0.15, -0.1) is 0 Å². The summed E-state index contributed by atoms with van der Waals surface area (Å²) in [5, 5.41) is 3.29. The highest BCUT2D eigenvalue weighted by Crippen LogP contribution is 2.26. The largest absolute Gasteiger partial charge is 0.204 e. The van der Waals surface area contributed by atoms with Crippen molar-refractivity contribution in [2.24, 2.45) is 0 Å². The highest BCUT2D eigenvalue weighted by atomic mass is 35.6. The summed E-state index contributed by atoms with van der Waals surface area (Å²) in [5.74, 6) is 0. The fourth-order valence-electron chi connectivity index (χ4n) is 2.15. The van der Waals surface area contributed by atoms with Gasteiger partial charge in [0, 0.05) is 5.02 Å². The fraction of sp³-hybridized carbons (Fsp3) is 0. The topological polar surface area (TPSA) is 0 Å². The number of fused-ring (bicyclic) bond motifs is 3. The van der Waals surface area contributed by atoms with Crippen molar-refractivity contribution in [1.82, 2.24) is 0 Å². The molecule has 2 aromatic carbocycles. The van der Waals surface area contributed by atoms with E-state index in [1.807, 2.05) is 24.3 Å². The summed E-state index contributed by atoms with van der Waals surface area (Å²) in [6.07, 6.45) is 0. The minimum absolute atomic E-state index is 0.815. The SMILES string of the molecule is Clc1cccc2c1[SiH](Cl)c1ccccc1-2. The Bertz CT molecular complexity index is 537. The predicted octanol–water partition coefficient (Wildman–Crippen LogP) is 2.40. The molecule has 1 atom stereocenters. The molecule has 0 aliphatic carbocycles.